The van der Waals surface area contributed by atoms with E-state index in [0.29, 0.717) is 18.8 Å². The van der Waals surface area contributed by atoms with Crippen LogP contribution in [-0.4, -0.2) is 31.3 Å². The summed E-state index contributed by atoms with van der Waals surface area (Å²) in [5.41, 5.74) is -0.849. The van der Waals surface area contributed by atoms with E-state index in [4.69, 9.17) is 4.74 Å². The zero-order valence-electron chi connectivity index (χ0n) is 10.5. The summed E-state index contributed by atoms with van der Waals surface area (Å²) >= 11 is 0. The summed E-state index contributed by atoms with van der Waals surface area (Å²) in [5, 5.41) is 3.12. The molecule has 0 aromatic heterocycles. The third kappa shape index (κ3) is 2.22. The average molecular weight is 286 g/mol. The molecule has 3 rings (SSSR count). The van der Waals surface area contributed by atoms with E-state index in [1.54, 1.807) is 0 Å². The number of alkyl halides is 3. The number of hydrogen-bond acceptors (Lipinski definition) is 3. The molecule has 2 aliphatic heterocycles. The fourth-order valence-corrected chi connectivity index (χ4v) is 2.60. The van der Waals surface area contributed by atoms with Gasteiger partial charge in [0, 0.05) is 18.7 Å². The first-order chi connectivity index (χ1) is 9.40. The molecule has 1 atom stereocenters. The van der Waals surface area contributed by atoms with Crippen molar-refractivity contribution in [2.24, 2.45) is 0 Å². The SMILES string of the molecule is O=C1OC2(CCNC2)CN1c1ccc(C(F)(F)F)cc1. The number of carbonyl (C=O) groups excluding carboxylic acids is 1. The topological polar surface area (TPSA) is 41.6 Å². The molecule has 2 aliphatic rings. The molecule has 20 heavy (non-hydrogen) atoms. The van der Waals surface area contributed by atoms with E-state index in [0.717, 1.165) is 25.1 Å². The Labute approximate surface area is 113 Å². The van der Waals surface area contributed by atoms with Gasteiger partial charge in [0.2, 0.25) is 0 Å². The monoisotopic (exact) mass is 286 g/mol. The van der Waals surface area contributed by atoms with Crippen molar-refractivity contribution in [3.8, 4) is 0 Å². The van der Waals surface area contributed by atoms with Gasteiger partial charge in [-0.2, -0.15) is 13.2 Å². The maximum atomic E-state index is 12.5. The first kappa shape index (κ1) is 13.2. The Morgan fingerprint density at radius 2 is 1.95 bits per heavy atom. The molecule has 0 radical (unpaired) electrons. The van der Waals surface area contributed by atoms with Crippen LogP contribution in [0.1, 0.15) is 12.0 Å². The Balaban J connectivity index is 1.81. The Bertz CT molecular complexity index is 521. The van der Waals surface area contributed by atoms with Crippen LogP contribution in [0.15, 0.2) is 24.3 Å². The highest BCUT2D eigenvalue weighted by atomic mass is 19.4. The van der Waals surface area contributed by atoms with Crippen LogP contribution >= 0.6 is 0 Å². The highest BCUT2D eigenvalue weighted by molar-refractivity contribution is 5.90. The fraction of sp³-hybridized carbons (Fsp3) is 0.462. The highest BCUT2D eigenvalue weighted by Crippen LogP contribution is 2.34. The Morgan fingerprint density at radius 3 is 2.50 bits per heavy atom. The molecule has 1 spiro atoms. The molecule has 2 saturated heterocycles. The van der Waals surface area contributed by atoms with Gasteiger partial charge in [0.15, 0.2) is 0 Å². The smallest absolute Gasteiger partial charge is 0.416 e. The number of anilines is 1. The molecule has 1 unspecified atom stereocenters. The second-order valence-electron chi connectivity index (χ2n) is 5.11. The lowest BCUT2D eigenvalue weighted by atomic mass is 10.0. The summed E-state index contributed by atoms with van der Waals surface area (Å²) in [6, 6.07) is 4.54. The molecular formula is C13H13F3N2O2. The van der Waals surface area contributed by atoms with Crippen LogP contribution in [0.5, 0.6) is 0 Å². The summed E-state index contributed by atoms with van der Waals surface area (Å²) in [5.74, 6) is 0. The van der Waals surface area contributed by atoms with Gasteiger partial charge < -0.3 is 10.1 Å². The second kappa shape index (κ2) is 4.37. The molecule has 4 nitrogen and oxygen atoms in total. The molecule has 0 aliphatic carbocycles. The number of rotatable bonds is 1. The molecule has 1 amide bonds. The zero-order chi connectivity index (χ0) is 14.4. The fourth-order valence-electron chi connectivity index (χ4n) is 2.60. The summed E-state index contributed by atoms with van der Waals surface area (Å²) < 4.78 is 42.9. The van der Waals surface area contributed by atoms with E-state index in [2.05, 4.69) is 5.32 Å². The van der Waals surface area contributed by atoms with E-state index >= 15 is 0 Å². The average Bonchev–Trinajstić information content (AvgIpc) is 2.96. The van der Waals surface area contributed by atoms with Gasteiger partial charge in [-0.25, -0.2) is 4.79 Å². The van der Waals surface area contributed by atoms with Gasteiger partial charge in [-0.05, 0) is 30.8 Å². The number of benzene rings is 1. The third-order valence-electron chi connectivity index (χ3n) is 3.68. The normalized spacial score (nSPS) is 26.4. The van der Waals surface area contributed by atoms with Crippen LogP contribution in [0.4, 0.5) is 23.7 Å². The number of hydrogen-bond donors (Lipinski definition) is 1. The van der Waals surface area contributed by atoms with Crippen LogP contribution in [0.25, 0.3) is 0 Å². The first-order valence-electron chi connectivity index (χ1n) is 6.28. The number of ether oxygens (including phenoxy) is 1. The van der Waals surface area contributed by atoms with Gasteiger partial charge in [0.05, 0.1) is 12.1 Å². The number of halogens is 3. The zero-order valence-corrected chi connectivity index (χ0v) is 10.5. The van der Waals surface area contributed by atoms with E-state index in [9.17, 15) is 18.0 Å². The van der Waals surface area contributed by atoms with E-state index in [-0.39, 0.29) is 0 Å². The van der Waals surface area contributed by atoms with Crippen molar-refractivity contribution in [1.29, 1.82) is 0 Å². The van der Waals surface area contributed by atoms with Crippen molar-refractivity contribution >= 4 is 11.8 Å². The lowest BCUT2D eigenvalue weighted by Gasteiger charge is -2.19. The summed E-state index contributed by atoms with van der Waals surface area (Å²) in [7, 11) is 0. The summed E-state index contributed by atoms with van der Waals surface area (Å²) in [6.07, 6.45) is -4.16. The minimum atomic E-state index is -4.37. The second-order valence-corrected chi connectivity index (χ2v) is 5.11. The molecule has 2 heterocycles. The molecular weight excluding hydrogens is 273 g/mol. The molecule has 1 aromatic carbocycles. The van der Waals surface area contributed by atoms with Crippen molar-refractivity contribution in [3.63, 3.8) is 0 Å². The molecule has 2 fully saturated rings. The molecule has 0 saturated carbocycles. The van der Waals surface area contributed by atoms with Crippen LogP contribution < -0.4 is 10.2 Å². The van der Waals surface area contributed by atoms with Crippen LogP contribution in [0.2, 0.25) is 0 Å². The quantitative estimate of drug-likeness (QED) is 0.862. The molecule has 7 heteroatoms. The standard InChI is InChI=1S/C13H13F3N2O2/c14-13(15,16)9-1-3-10(4-2-9)18-8-12(20-11(18)19)5-6-17-7-12/h1-4,17H,5-8H2. The Hall–Kier alpha value is -1.76. The van der Waals surface area contributed by atoms with Crippen LogP contribution in [-0.2, 0) is 10.9 Å². The first-order valence-corrected chi connectivity index (χ1v) is 6.28. The van der Waals surface area contributed by atoms with Gasteiger partial charge in [0.25, 0.3) is 0 Å². The number of amides is 1. The summed E-state index contributed by atoms with van der Waals surface area (Å²) in [4.78, 5) is 13.3. The number of nitrogens with zero attached hydrogens (tertiary/aromatic N) is 1. The van der Waals surface area contributed by atoms with Crippen molar-refractivity contribution in [2.45, 2.75) is 18.2 Å². The molecule has 108 valence electrons. The number of nitrogens with one attached hydrogen (secondary N) is 1. The third-order valence-corrected chi connectivity index (χ3v) is 3.68. The van der Waals surface area contributed by atoms with Crippen molar-refractivity contribution in [2.75, 3.05) is 24.5 Å². The van der Waals surface area contributed by atoms with E-state index in [1.165, 1.54) is 17.0 Å². The highest BCUT2D eigenvalue weighted by Gasteiger charge is 2.47. The predicted molar refractivity (Wildman–Crippen MR) is 65.5 cm³/mol. The summed E-state index contributed by atoms with van der Waals surface area (Å²) in [6.45, 7) is 1.72. The maximum Gasteiger partial charge on any atom is 0.416 e. The van der Waals surface area contributed by atoms with Crippen molar-refractivity contribution in [3.05, 3.63) is 29.8 Å². The molecule has 0 bridgehead atoms. The predicted octanol–water partition coefficient (Wildman–Crippen LogP) is 2.39. The van der Waals surface area contributed by atoms with Gasteiger partial charge in [-0.3, -0.25) is 4.90 Å². The Kier molecular flexibility index (Phi) is 2.89. The molecule has 1 N–H and O–H groups in total. The minimum Gasteiger partial charge on any atom is -0.439 e. The number of carbonyl (C=O) groups is 1. The Morgan fingerprint density at radius 1 is 1.25 bits per heavy atom. The minimum absolute atomic E-state index is 0.365. The van der Waals surface area contributed by atoms with Crippen molar-refractivity contribution in [1.82, 2.24) is 5.32 Å². The largest absolute Gasteiger partial charge is 0.439 e. The van der Waals surface area contributed by atoms with Crippen molar-refractivity contribution < 1.29 is 22.7 Å². The van der Waals surface area contributed by atoms with Gasteiger partial charge in [-0.15, -0.1) is 0 Å². The molecule has 1 aromatic rings. The van der Waals surface area contributed by atoms with Crippen LogP contribution in [0.3, 0.4) is 0 Å². The van der Waals surface area contributed by atoms with E-state index < -0.39 is 23.4 Å². The lowest BCUT2D eigenvalue weighted by molar-refractivity contribution is -0.137. The van der Waals surface area contributed by atoms with Crippen LogP contribution in [0, 0.1) is 0 Å². The van der Waals surface area contributed by atoms with Gasteiger partial charge >= 0.3 is 12.3 Å². The van der Waals surface area contributed by atoms with Gasteiger partial charge in [-0.1, -0.05) is 0 Å². The van der Waals surface area contributed by atoms with E-state index in [1.807, 2.05) is 0 Å². The lowest BCUT2D eigenvalue weighted by Crippen LogP contribution is -2.36. The maximum absolute atomic E-state index is 12.5. The van der Waals surface area contributed by atoms with Gasteiger partial charge in [0.1, 0.15) is 5.60 Å².